The van der Waals surface area contributed by atoms with Crippen molar-refractivity contribution in [1.29, 1.82) is 0 Å². The molecule has 0 aromatic heterocycles. The molecule has 0 atom stereocenters. The molecular weight excluding hydrogens is 215 g/mol. The third-order valence-corrected chi connectivity index (χ3v) is 1.70. The molecule has 1 nitrogen and oxygen atoms in total. The van der Waals surface area contributed by atoms with E-state index in [9.17, 15) is 0 Å². The fraction of sp³-hybridized carbons (Fsp3) is 0.875. The quantitative estimate of drug-likeness (QED) is 0.271. The van der Waals surface area contributed by atoms with Crippen LogP contribution in [-0.2, 0) is 17.4 Å². The van der Waals surface area contributed by atoms with Crippen LogP contribution in [0.4, 0.5) is 0 Å². The number of ether oxygens (including phenoxy) is 1. The third-order valence-electron chi connectivity index (χ3n) is 1.47. The molecule has 0 amide bonds. The van der Waals surface area contributed by atoms with Crippen LogP contribution in [0.15, 0.2) is 0 Å². The van der Waals surface area contributed by atoms with E-state index in [0.29, 0.717) is 6.61 Å². The summed E-state index contributed by atoms with van der Waals surface area (Å²) in [5.41, 5.74) is 0. The van der Waals surface area contributed by atoms with Gasteiger partial charge in [-0.15, -0.1) is 0 Å². The molecule has 0 heterocycles. The van der Waals surface area contributed by atoms with Gasteiger partial charge in [-0.2, -0.15) is 0 Å². The summed E-state index contributed by atoms with van der Waals surface area (Å²) in [6, 6.07) is 0. The summed E-state index contributed by atoms with van der Waals surface area (Å²) in [6.07, 6.45) is 6.20. The Morgan fingerprint density at radius 2 is 1.83 bits per heavy atom. The van der Waals surface area contributed by atoms with Gasteiger partial charge in [0.05, 0.1) is 6.61 Å². The zero-order valence-corrected chi connectivity index (χ0v) is 12.7. The summed E-state index contributed by atoms with van der Waals surface area (Å²) in [5, 5.41) is 0. The van der Waals surface area contributed by atoms with Gasteiger partial charge in [0, 0.05) is 4.38 Å². The predicted octanol–water partition coefficient (Wildman–Crippen LogP) is -0.191. The molecule has 0 aliphatic carbocycles. The molecule has 0 bridgehead atoms. The number of unbranched alkanes of at least 4 members (excludes halogenated alkanes) is 4. The molecule has 0 N–H and O–H groups in total. The second kappa shape index (κ2) is 12.7. The van der Waals surface area contributed by atoms with Gasteiger partial charge in [-0.1, -0.05) is 32.6 Å². The number of thiocarbonyl (C=S) groups is 1. The normalized spacial score (nSPS) is 8.75. The summed E-state index contributed by atoms with van der Waals surface area (Å²) in [7, 11) is 0. The van der Waals surface area contributed by atoms with E-state index >= 15 is 0 Å². The molecule has 0 fully saturated rings. The van der Waals surface area contributed by atoms with Gasteiger partial charge in [-0.05, 0) is 6.42 Å². The average Bonchev–Trinajstić information content (AvgIpc) is 1.96. The van der Waals surface area contributed by atoms with Crippen LogP contribution in [-0.4, -0.2) is 11.0 Å². The summed E-state index contributed by atoms with van der Waals surface area (Å²) < 4.78 is 5.22. The second-order valence-electron chi connectivity index (χ2n) is 2.51. The Morgan fingerprint density at radius 3 is 2.33 bits per heavy atom. The van der Waals surface area contributed by atoms with Gasteiger partial charge in [-0.3, -0.25) is 0 Å². The Morgan fingerprint density at radius 1 is 1.25 bits per heavy atom. The van der Waals surface area contributed by atoms with Crippen LogP contribution in [0, 0.1) is 0 Å². The molecule has 66 valence electrons. The largest absolute Gasteiger partial charge is 1.00 e. The van der Waals surface area contributed by atoms with Gasteiger partial charge in [0.15, 0.2) is 0 Å². The van der Waals surface area contributed by atoms with E-state index in [1.165, 1.54) is 25.7 Å². The van der Waals surface area contributed by atoms with Gasteiger partial charge >= 0.3 is 51.4 Å². The Hall–Kier alpha value is 1.75. The van der Waals surface area contributed by atoms with E-state index in [0.717, 1.165) is 6.42 Å². The second-order valence-corrected chi connectivity index (χ2v) is 3.51. The van der Waals surface area contributed by atoms with Gasteiger partial charge < -0.3 is 29.6 Å². The SMILES string of the molecule is CCCCCCCOC(=S)[S-].[K+]. The fourth-order valence-corrected chi connectivity index (χ4v) is 1.03. The average molecular weight is 230 g/mol. The van der Waals surface area contributed by atoms with Gasteiger partial charge in [0.25, 0.3) is 0 Å². The van der Waals surface area contributed by atoms with E-state index in [4.69, 9.17) is 4.74 Å². The van der Waals surface area contributed by atoms with Crippen molar-refractivity contribution in [3.05, 3.63) is 0 Å². The van der Waals surface area contributed by atoms with Crippen molar-refractivity contribution in [2.75, 3.05) is 6.61 Å². The maximum absolute atomic E-state index is 4.97. The van der Waals surface area contributed by atoms with Crippen LogP contribution >= 0.6 is 12.2 Å². The maximum atomic E-state index is 4.97. The zero-order valence-electron chi connectivity index (χ0n) is 7.97. The van der Waals surface area contributed by atoms with Crippen LogP contribution in [0.3, 0.4) is 0 Å². The standard InChI is InChI=1S/C8H16OS2.K/c1-2-3-4-5-6-7-9-8(10)11;/h2-7H2,1H3,(H,10,11);/q;+1/p-1. The first-order chi connectivity index (χ1) is 5.27. The number of rotatable bonds is 6. The first kappa shape index (κ1) is 16.2. The van der Waals surface area contributed by atoms with E-state index in [1.54, 1.807) is 0 Å². The minimum Gasteiger partial charge on any atom is -0.514 e. The van der Waals surface area contributed by atoms with Crippen molar-refractivity contribution in [1.82, 2.24) is 0 Å². The molecule has 0 aliphatic rings. The summed E-state index contributed by atoms with van der Waals surface area (Å²) in [6.45, 7) is 2.90. The molecule has 12 heavy (non-hydrogen) atoms. The molecule has 0 spiro atoms. The van der Waals surface area contributed by atoms with E-state index < -0.39 is 0 Å². The van der Waals surface area contributed by atoms with Crippen LogP contribution in [0.25, 0.3) is 0 Å². The maximum Gasteiger partial charge on any atom is 1.00 e. The molecule has 4 heteroatoms. The molecule has 0 unspecified atom stereocenters. The molecule has 0 radical (unpaired) electrons. The van der Waals surface area contributed by atoms with Crippen molar-refractivity contribution in [3.8, 4) is 0 Å². The summed E-state index contributed by atoms with van der Waals surface area (Å²) >= 11 is 9.18. The molecule has 0 rings (SSSR count). The minimum atomic E-state index is 0. The summed E-state index contributed by atoms with van der Waals surface area (Å²) in [4.78, 5) is 0. The molecule has 0 aromatic rings. The molecule has 0 aromatic carbocycles. The van der Waals surface area contributed by atoms with Gasteiger partial charge in [0.2, 0.25) is 0 Å². The smallest absolute Gasteiger partial charge is 0.514 e. The van der Waals surface area contributed by atoms with Crippen LogP contribution in [0.1, 0.15) is 39.0 Å². The van der Waals surface area contributed by atoms with Crippen LogP contribution in [0.5, 0.6) is 0 Å². The first-order valence-corrected chi connectivity index (χ1v) is 4.92. The van der Waals surface area contributed by atoms with Crippen molar-refractivity contribution in [2.24, 2.45) is 0 Å². The molecule has 0 saturated heterocycles. The Labute approximate surface area is 129 Å². The number of hydrogen-bond acceptors (Lipinski definition) is 3. The Balaban J connectivity index is 0. The van der Waals surface area contributed by atoms with Crippen molar-refractivity contribution in [3.63, 3.8) is 0 Å². The molecular formula is C8H15KOS2. The van der Waals surface area contributed by atoms with Crippen molar-refractivity contribution < 1.29 is 56.1 Å². The zero-order chi connectivity index (χ0) is 8.53. The fourth-order valence-electron chi connectivity index (χ4n) is 0.861. The van der Waals surface area contributed by atoms with Gasteiger partial charge in [0.1, 0.15) is 0 Å². The van der Waals surface area contributed by atoms with Crippen molar-refractivity contribution >= 4 is 29.2 Å². The van der Waals surface area contributed by atoms with Crippen LogP contribution in [0.2, 0.25) is 0 Å². The summed E-state index contributed by atoms with van der Waals surface area (Å²) in [5.74, 6) is 0. The third kappa shape index (κ3) is 14.3. The topological polar surface area (TPSA) is 9.23 Å². The predicted molar refractivity (Wildman–Crippen MR) is 54.7 cm³/mol. The first-order valence-electron chi connectivity index (χ1n) is 4.11. The van der Waals surface area contributed by atoms with Crippen LogP contribution < -0.4 is 51.4 Å². The van der Waals surface area contributed by atoms with E-state index in [-0.39, 0.29) is 55.8 Å². The Bertz CT molecular complexity index is 109. The monoisotopic (exact) mass is 230 g/mol. The number of hydrogen-bond donors (Lipinski definition) is 0. The van der Waals surface area contributed by atoms with Gasteiger partial charge in [-0.25, -0.2) is 0 Å². The minimum absolute atomic E-state index is 0. The van der Waals surface area contributed by atoms with Crippen molar-refractivity contribution in [2.45, 2.75) is 39.0 Å². The Kier molecular flexibility index (Phi) is 17.2. The van der Waals surface area contributed by atoms with E-state index in [1.807, 2.05) is 0 Å². The molecule has 0 saturated carbocycles. The molecule has 0 aliphatic heterocycles. The van der Waals surface area contributed by atoms with E-state index in [2.05, 4.69) is 31.8 Å².